The Morgan fingerprint density at radius 3 is 2.65 bits per heavy atom. The molecule has 3 aromatic rings. The Morgan fingerprint density at radius 1 is 1.20 bits per heavy atom. The molecule has 2 aromatic heterocycles. The number of carbonyl (C=O) groups excluding carboxylic acids is 1. The number of nitrogens with zero attached hydrogens (tertiary/aromatic N) is 2. The molecular formula is C15H13N3OS. The van der Waals surface area contributed by atoms with Crippen LogP contribution in [-0.2, 0) is 6.54 Å². The highest BCUT2D eigenvalue weighted by atomic mass is 32.1. The van der Waals surface area contributed by atoms with Crippen molar-refractivity contribution < 1.29 is 4.79 Å². The number of rotatable bonds is 4. The lowest BCUT2D eigenvalue weighted by Crippen LogP contribution is -2.06. The van der Waals surface area contributed by atoms with Crippen LogP contribution in [0.15, 0.2) is 47.8 Å². The van der Waals surface area contributed by atoms with Crippen LogP contribution in [-0.4, -0.2) is 16.1 Å². The predicted octanol–water partition coefficient (Wildman–Crippen LogP) is 3.05. The maximum Gasteiger partial charge on any atom is 0.156 e. The van der Waals surface area contributed by atoms with Gasteiger partial charge in [0.1, 0.15) is 11.5 Å². The van der Waals surface area contributed by atoms with Gasteiger partial charge in [-0.15, -0.1) is 11.3 Å². The van der Waals surface area contributed by atoms with Gasteiger partial charge >= 0.3 is 0 Å². The first-order valence-electron chi connectivity index (χ1n) is 6.19. The number of aromatic nitrogens is 2. The first-order valence-corrected chi connectivity index (χ1v) is 7.07. The van der Waals surface area contributed by atoms with Crippen molar-refractivity contribution in [2.24, 2.45) is 0 Å². The van der Waals surface area contributed by atoms with E-state index in [4.69, 9.17) is 5.73 Å². The van der Waals surface area contributed by atoms with Crippen molar-refractivity contribution in [2.75, 3.05) is 5.73 Å². The largest absolute Gasteiger partial charge is 0.383 e. The van der Waals surface area contributed by atoms with Gasteiger partial charge in [0.25, 0.3) is 0 Å². The molecular weight excluding hydrogens is 270 g/mol. The standard InChI is InChI=1S/C15H13N3OS/c16-15-12(10-19)14(13-7-4-8-20-13)17-18(15)9-11-5-2-1-3-6-11/h1-8,10H,9,16H2. The first kappa shape index (κ1) is 12.6. The lowest BCUT2D eigenvalue weighted by atomic mass is 10.2. The summed E-state index contributed by atoms with van der Waals surface area (Å²) in [6, 6.07) is 13.8. The van der Waals surface area contributed by atoms with Crippen LogP contribution in [0.1, 0.15) is 15.9 Å². The van der Waals surface area contributed by atoms with Crippen LogP contribution in [0.25, 0.3) is 10.6 Å². The van der Waals surface area contributed by atoms with Crippen molar-refractivity contribution in [1.82, 2.24) is 9.78 Å². The van der Waals surface area contributed by atoms with Crippen LogP contribution in [0.5, 0.6) is 0 Å². The van der Waals surface area contributed by atoms with Crippen molar-refractivity contribution >= 4 is 23.4 Å². The normalized spacial score (nSPS) is 10.6. The Labute approximate surface area is 120 Å². The van der Waals surface area contributed by atoms with E-state index in [9.17, 15) is 4.79 Å². The van der Waals surface area contributed by atoms with E-state index in [0.717, 1.165) is 16.7 Å². The van der Waals surface area contributed by atoms with Crippen LogP contribution in [0, 0.1) is 0 Å². The Bertz CT molecular complexity index is 717. The zero-order chi connectivity index (χ0) is 13.9. The number of nitrogen functional groups attached to an aromatic ring is 1. The number of carbonyl (C=O) groups is 1. The molecule has 0 spiro atoms. The molecule has 5 heteroatoms. The van der Waals surface area contributed by atoms with Gasteiger partial charge in [0.05, 0.1) is 17.0 Å². The number of aldehydes is 1. The van der Waals surface area contributed by atoms with E-state index >= 15 is 0 Å². The fraction of sp³-hybridized carbons (Fsp3) is 0.0667. The Morgan fingerprint density at radius 2 is 2.00 bits per heavy atom. The number of anilines is 1. The molecule has 0 unspecified atom stereocenters. The fourth-order valence-electron chi connectivity index (χ4n) is 2.08. The molecule has 2 heterocycles. The Hall–Kier alpha value is -2.40. The second-order valence-corrected chi connectivity index (χ2v) is 5.33. The van der Waals surface area contributed by atoms with Gasteiger partial charge in [-0.1, -0.05) is 36.4 Å². The highest BCUT2D eigenvalue weighted by Crippen LogP contribution is 2.29. The third-order valence-electron chi connectivity index (χ3n) is 3.08. The fourth-order valence-corrected chi connectivity index (χ4v) is 2.80. The smallest absolute Gasteiger partial charge is 0.156 e. The van der Waals surface area contributed by atoms with Crippen LogP contribution in [0.2, 0.25) is 0 Å². The number of hydrogen-bond donors (Lipinski definition) is 1. The van der Waals surface area contributed by atoms with Crippen molar-refractivity contribution in [3.63, 3.8) is 0 Å². The summed E-state index contributed by atoms with van der Waals surface area (Å²) in [5.74, 6) is 0.409. The van der Waals surface area contributed by atoms with Crippen molar-refractivity contribution in [2.45, 2.75) is 6.54 Å². The van der Waals surface area contributed by atoms with Crippen LogP contribution in [0.4, 0.5) is 5.82 Å². The summed E-state index contributed by atoms with van der Waals surface area (Å²) in [4.78, 5) is 12.2. The molecule has 0 amide bonds. The quantitative estimate of drug-likeness (QED) is 0.749. The van der Waals surface area contributed by atoms with Gasteiger partial charge in [0, 0.05) is 0 Å². The lowest BCUT2D eigenvalue weighted by Gasteiger charge is -2.03. The Balaban J connectivity index is 2.03. The molecule has 0 aliphatic rings. The van der Waals surface area contributed by atoms with Crippen LogP contribution < -0.4 is 5.73 Å². The summed E-state index contributed by atoms with van der Waals surface area (Å²) in [6.07, 6.45) is 0.777. The predicted molar refractivity (Wildman–Crippen MR) is 80.9 cm³/mol. The third kappa shape index (κ3) is 2.23. The molecule has 3 rings (SSSR count). The maximum atomic E-state index is 11.3. The van der Waals surface area contributed by atoms with E-state index in [1.54, 1.807) is 16.0 Å². The van der Waals surface area contributed by atoms with Crippen LogP contribution in [0.3, 0.4) is 0 Å². The Kier molecular flexibility index (Phi) is 3.35. The summed E-state index contributed by atoms with van der Waals surface area (Å²) in [6.45, 7) is 0.554. The second-order valence-electron chi connectivity index (χ2n) is 4.39. The molecule has 0 saturated carbocycles. The number of benzene rings is 1. The van der Waals surface area contributed by atoms with Gasteiger partial charge in [-0.25, -0.2) is 4.68 Å². The van der Waals surface area contributed by atoms with Crippen molar-refractivity contribution in [3.8, 4) is 10.6 Å². The molecule has 1 aromatic carbocycles. The molecule has 100 valence electrons. The molecule has 0 saturated heterocycles. The van der Waals surface area contributed by atoms with Gasteiger partial charge < -0.3 is 5.73 Å². The average molecular weight is 283 g/mol. The molecule has 4 nitrogen and oxygen atoms in total. The maximum absolute atomic E-state index is 11.3. The van der Waals surface area contributed by atoms with Gasteiger partial charge in [0.15, 0.2) is 6.29 Å². The number of thiophene rings is 1. The van der Waals surface area contributed by atoms with E-state index in [2.05, 4.69) is 5.10 Å². The van der Waals surface area contributed by atoms with Crippen molar-refractivity contribution in [1.29, 1.82) is 0 Å². The van der Waals surface area contributed by atoms with E-state index in [1.165, 1.54) is 0 Å². The topological polar surface area (TPSA) is 60.9 Å². The van der Waals surface area contributed by atoms with Gasteiger partial charge in [-0.2, -0.15) is 5.10 Å². The summed E-state index contributed by atoms with van der Waals surface area (Å²) in [7, 11) is 0. The van der Waals surface area contributed by atoms with E-state index in [0.29, 0.717) is 23.6 Å². The third-order valence-corrected chi connectivity index (χ3v) is 3.95. The summed E-state index contributed by atoms with van der Waals surface area (Å²) >= 11 is 1.54. The molecule has 0 atom stereocenters. The highest BCUT2D eigenvalue weighted by molar-refractivity contribution is 7.13. The van der Waals surface area contributed by atoms with Gasteiger partial charge in [-0.3, -0.25) is 4.79 Å². The number of hydrogen-bond acceptors (Lipinski definition) is 4. The van der Waals surface area contributed by atoms with E-state index < -0.39 is 0 Å². The van der Waals surface area contributed by atoms with E-state index in [-0.39, 0.29) is 0 Å². The zero-order valence-electron chi connectivity index (χ0n) is 10.7. The summed E-state index contributed by atoms with van der Waals surface area (Å²) in [5, 5.41) is 6.44. The SMILES string of the molecule is Nc1c(C=O)c(-c2cccs2)nn1Cc1ccccc1. The van der Waals surface area contributed by atoms with Gasteiger partial charge in [0.2, 0.25) is 0 Å². The average Bonchev–Trinajstić information content (AvgIpc) is 3.09. The minimum absolute atomic E-state index is 0.409. The lowest BCUT2D eigenvalue weighted by molar-refractivity contribution is 0.112. The van der Waals surface area contributed by atoms with E-state index in [1.807, 2.05) is 47.8 Å². The summed E-state index contributed by atoms with van der Waals surface area (Å²) < 4.78 is 1.67. The molecule has 0 aliphatic heterocycles. The minimum Gasteiger partial charge on any atom is -0.383 e. The highest BCUT2D eigenvalue weighted by Gasteiger charge is 2.17. The zero-order valence-corrected chi connectivity index (χ0v) is 11.5. The van der Waals surface area contributed by atoms with Crippen molar-refractivity contribution in [3.05, 3.63) is 59.0 Å². The first-order chi connectivity index (χ1) is 9.79. The molecule has 0 radical (unpaired) electrons. The molecule has 0 bridgehead atoms. The minimum atomic E-state index is 0.409. The molecule has 2 N–H and O–H groups in total. The monoisotopic (exact) mass is 283 g/mol. The molecule has 0 aliphatic carbocycles. The number of nitrogens with two attached hydrogens (primary N) is 1. The summed E-state index contributed by atoms with van der Waals surface area (Å²) in [5.41, 5.74) is 8.25. The van der Waals surface area contributed by atoms with Gasteiger partial charge in [-0.05, 0) is 17.0 Å². The molecule has 20 heavy (non-hydrogen) atoms. The second kappa shape index (κ2) is 5.30. The molecule has 0 fully saturated rings. The van der Waals surface area contributed by atoms with Crippen LogP contribution >= 0.6 is 11.3 Å².